The average Bonchev–Trinajstić information content (AvgIpc) is 3.12. The summed E-state index contributed by atoms with van der Waals surface area (Å²) in [5, 5.41) is 4.09. The molecule has 7 heteroatoms. The number of hydrogen-bond acceptors (Lipinski definition) is 6. The van der Waals surface area contributed by atoms with Gasteiger partial charge in [0.1, 0.15) is 17.9 Å². The third-order valence-corrected chi connectivity index (χ3v) is 5.27. The molecular formula is C18H25ClN2O3S. The average molecular weight is 385 g/mol. The molecule has 0 bridgehead atoms. The summed E-state index contributed by atoms with van der Waals surface area (Å²) in [6.07, 6.45) is 5.45. The zero-order chi connectivity index (χ0) is 16.8. The van der Waals surface area contributed by atoms with Gasteiger partial charge in [0.15, 0.2) is 0 Å². The Balaban J connectivity index is 0.00000225. The lowest BCUT2D eigenvalue weighted by Gasteiger charge is -2.18. The number of halogens is 1. The number of aromatic nitrogens is 1. The number of carbonyl (C=O) groups is 1. The van der Waals surface area contributed by atoms with Crippen LogP contribution in [0.4, 0.5) is 0 Å². The van der Waals surface area contributed by atoms with Gasteiger partial charge in [0.25, 0.3) is 0 Å². The number of esters is 1. The molecule has 0 aliphatic carbocycles. The van der Waals surface area contributed by atoms with Crippen LogP contribution >= 0.6 is 23.7 Å². The van der Waals surface area contributed by atoms with Crippen molar-refractivity contribution in [3.8, 4) is 10.6 Å². The molecular weight excluding hydrogens is 360 g/mol. The van der Waals surface area contributed by atoms with Crippen molar-refractivity contribution in [2.45, 2.75) is 45.6 Å². The van der Waals surface area contributed by atoms with Crippen LogP contribution < -0.4 is 0 Å². The Morgan fingerprint density at radius 1 is 1.28 bits per heavy atom. The van der Waals surface area contributed by atoms with Crippen molar-refractivity contribution < 1.29 is 14.1 Å². The molecule has 2 aromatic heterocycles. The summed E-state index contributed by atoms with van der Waals surface area (Å²) < 4.78 is 10.2. The number of likely N-dealkylation sites (tertiary alicyclic amines) is 1. The van der Waals surface area contributed by atoms with Gasteiger partial charge in [0.2, 0.25) is 0 Å². The molecule has 2 aromatic rings. The van der Waals surface area contributed by atoms with Gasteiger partial charge in [-0.3, -0.25) is 9.69 Å². The quantitative estimate of drug-likeness (QED) is 0.694. The number of thiophene rings is 1. The molecule has 1 saturated heterocycles. The van der Waals surface area contributed by atoms with E-state index in [1.807, 2.05) is 6.07 Å². The van der Waals surface area contributed by atoms with Gasteiger partial charge in [-0.15, -0.1) is 23.7 Å². The normalized spacial score (nSPS) is 15.4. The van der Waals surface area contributed by atoms with Crippen LogP contribution in [0, 0.1) is 0 Å². The third kappa shape index (κ3) is 5.83. The molecule has 0 unspecified atom stereocenters. The first-order chi connectivity index (χ1) is 11.7. The van der Waals surface area contributed by atoms with E-state index in [0.717, 1.165) is 17.1 Å². The summed E-state index contributed by atoms with van der Waals surface area (Å²) in [6, 6.07) is 6.09. The minimum atomic E-state index is -0.284. The number of hydrogen-bond donors (Lipinski definition) is 0. The van der Waals surface area contributed by atoms with Crippen LogP contribution in [0.2, 0.25) is 0 Å². The molecule has 1 aliphatic heterocycles. The Bertz CT molecular complexity index is 663. The van der Waals surface area contributed by atoms with Crippen molar-refractivity contribution in [1.29, 1.82) is 0 Å². The minimum Gasteiger partial charge on any atom is -0.466 e. The fourth-order valence-electron chi connectivity index (χ4n) is 2.98. The van der Waals surface area contributed by atoms with Crippen molar-refractivity contribution in [3.63, 3.8) is 0 Å². The van der Waals surface area contributed by atoms with Crippen LogP contribution in [-0.2, 0) is 22.5 Å². The first-order valence-corrected chi connectivity index (χ1v) is 9.49. The zero-order valence-electron chi connectivity index (χ0n) is 14.5. The van der Waals surface area contributed by atoms with Crippen LogP contribution in [0.5, 0.6) is 0 Å². The lowest BCUT2D eigenvalue weighted by molar-refractivity contribution is -0.142. The van der Waals surface area contributed by atoms with Gasteiger partial charge in [-0.05, 0) is 45.0 Å². The molecule has 0 amide bonds. The second-order valence-electron chi connectivity index (χ2n) is 6.12. The maximum atomic E-state index is 11.5. The van der Waals surface area contributed by atoms with Gasteiger partial charge in [0.05, 0.1) is 11.5 Å². The van der Waals surface area contributed by atoms with E-state index in [0.29, 0.717) is 12.4 Å². The molecule has 5 nitrogen and oxygen atoms in total. The maximum absolute atomic E-state index is 11.5. The number of nitrogens with zero attached hydrogens (tertiary/aromatic N) is 2. The number of rotatable bonds is 6. The van der Waals surface area contributed by atoms with Crippen molar-refractivity contribution in [2.24, 2.45) is 0 Å². The molecule has 0 atom stereocenters. The Kier molecular flexibility index (Phi) is 7.93. The second-order valence-corrected chi connectivity index (χ2v) is 7.28. The van der Waals surface area contributed by atoms with Crippen LogP contribution in [-0.4, -0.2) is 35.7 Å². The highest BCUT2D eigenvalue weighted by Gasteiger charge is 2.14. The summed E-state index contributed by atoms with van der Waals surface area (Å²) >= 11 is 1.75. The maximum Gasteiger partial charge on any atom is 0.313 e. The lowest BCUT2D eigenvalue weighted by atomic mass is 10.2. The van der Waals surface area contributed by atoms with E-state index in [2.05, 4.69) is 22.2 Å². The third-order valence-electron chi connectivity index (χ3n) is 4.18. The smallest absolute Gasteiger partial charge is 0.313 e. The molecule has 138 valence electrons. The molecule has 25 heavy (non-hydrogen) atoms. The van der Waals surface area contributed by atoms with E-state index in [4.69, 9.17) is 9.26 Å². The topological polar surface area (TPSA) is 55.6 Å². The fourth-order valence-corrected chi connectivity index (χ4v) is 3.98. The molecule has 0 spiro atoms. The Morgan fingerprint density at radius 2 is 2.04 bits per heavy atom. The van der Waals surface area contributed by atoms with Gasteiger partial charge < -0.3 is 9.26 Å². The Hall–Kier alpha value is -1.37. The molecule has 3 heterocycles. The Labute approximate surface area is 158 Å². The monoisotopic (exact) mass is 384 g/mol. The molecule has 1 fully saturated rings. The van der Waals surface area contributed by atoms with Crippen molar-refractivity contribution in [1.82, 2.24) is 10.1 Å². The lowest BCUT2D eigenvalue weighted by Crippen LogP contribution is -2.23. The molecule has 0 aromatic carbocycles. The predicted molar refractivity (Wildman–Crippen MR) is 101 cm³/mol. The largest absolute Gasteiger partial charge is 0.466 e. The molecule has 1 aliphatic rings. The van der Waals surface area contributed by atoms with Crippen LogP contribution in [0.25, 0.3) is 10.6 Å². The number of carbonyl (C=O) groups excluding carboxylic acids is 1. The predicted octanol–water partition coefficient (Wildman–Crippen LogP) is 4.31. The number of ether oxygens (including phenoxy) is 1. The van der Waals surface area contributed by atoms with Crippen molar-refractivity contribution in [3.05, 3.63) is 28.8 Å². The van der Waals surface area contributed by atoms with Gasteiger partial charge in [-0.1, -0.05) is 18.0 Å². The van der Waals surface area contributed by atoms with Crippen LogP contribution in [0.1, 0.15) is 43.2 Å². The summed E-state index contributed by atoms with van der Waals surface area (Å²) in [5.41, 5.74) is 0.793. The molecule has 3 rings (SSSR count). The van der Waals surface area contributed by atoms with Crippen molar-refractivity contribution >= 4 is 29.7 Å². The molecule has 0 saturated carbocycles. The van der Waals surface area contributed by atoms with Gasteiger partial charge in [-0.2, -0.15) is 0 Å². The highest BCUT2D eigenvalue weighted by molar-refractivity contribution is 7.15. The van der Waals surface area contributed by atoms with Gasteiger partial charge >= 0.3 is 5.97 Å². The summed E-state index contributed by atoms with van der Waals surface area (Å²) in [5.74, 6) is 0.263. The summed E-state index contributed by atoms with van der Waals surface area (Å²) in [4.78, 5) is 16.5. The van der Waals surface area contributed by atoms with E-state index >= 15 is 0 Å². The highest BCUT2D eigenvalue weighted by atomic mass is 35.5. The van der Waals surface area contributed by atoms with Crippen LogP contribution in [0.15, 0.2) is 22.7 Å². The van der Waals surface area contributed by atoms with Gasteiger partial charge in [0, 0.05) is 17.5 Å². The first kappa shape index (κ1) is 19.9. The minimum absolute atomic E-state index is 0. The highest BCUT2D eigenvalue weighted by Crippen LogP contribution is 2.29. The van der Waals surface area contributed by atoms with Gasteiger partial charge in [-0.25, -0.2) is 0 Å². The summed E-state index contributed by atoms with van der Waals surface area (Å²) in [7, 11) is 0. The van der Waals surface area contributed by atoms with E-state index in [1.165, 1.54) is 43.6 Å². The standard InChI is InChI=1S/C18H24N2O3S.ClH/c1-2-22-18(21)12-14-11-16(19-23-14)17-8-7-15(24-17)13-20-9-5-3-4-6-10-20;/h7-8,11H,2-6,9-10,12-13H2,1H3;1H. The Morgan fingerprint density at radius 3 is 2.76 bits per heavy atom. The molecule has 0 N–H and O–H groups in total. The zero-order valence-corrected chi connectivity index (χ0v) is 16.2. The van der Waals surface area contributed by atoms with E-state index in [1.54, 1.807) is 18.3 Å². The van der Waals surface area contributed by atoms with Crippen molar-refractivity contribution in [2.75, 3.05) is 19.7 Å². The van der Waals surface area contributed by atoms with E-state index in [9.17, 15) is 4.79 Å². The first-order valence-electron chi connectivity index (χ1n) is 8.67. The van der Waals surface area contributed by atoms with E-state index < -0.39 is 0 Å². The fraction of sp³-hybridized carbons (Fsp3) is 0.556. The molecule has 0 radical (unpaired) electrons. The second kappa shape index (κ2) is 9.94. The summed E-state index contributed by atoms with van der Waals surface area (Å²) in [6.45, 7) is 5.58. The van der Waals surface area contributed by atoms with E-state index in [-0.39, 0.29) is 24.8 Å². The van der Waals surface area contributed by atoms with Crippen LogP contribution in [0.3, 0.4) is 0 Å². The SMILES string of the molecule is CCOC(=O)Cc1cc(-c2ccc(CN3CCCCCC3)s2)no1.Cl.